The second-order valence-corrected chi connectivity index (χ2v) is 7.26. The van der Waals surface area contributed by atoms with Gasteiger partial charge in [0.05, 0.1) is 28.1 Å². The number of carbonyl (C=O) groups is 1. The number of hydrogen-bond donors (Lipinski definition) is 1. The molecule has 0 spiro atoms. The summed E-state index contributed by atoms with van der Waals surface area (Å²) in [5.74, 6) is 0.103. The zero-order valence-corrected chi connectivity index (χ0v) is 17.3. The molecule has 1 aromatic heterocycles. The zero-order chi connectivity index (χ0) is 21.3. The highest BCUT2D eigenvalue weighted by Crippen LogP contribution is 2.33. The zero-order valence-electron chi connectivity index (χ0n) is 15.7. The first-order chi connectivity index (χ1) is 14.5. The van der Waals surface area contributed by atoms with Crippen molar-refractivity contribution in [2.75, 3.05) is 12.4 Å². The highest BCUT2D eigenvalue weighted by molar-refractivity contribution is 6.42. The van der Waals surface area contributed by atoms with Crippen LogP contribution in [-0.2, 0) is 0 Å². The summed E-state index contributed by atoms with van der Waals surface area (Å²) in [6, 6.07) is 18.3. The molecule has 0 fully saturated rings. The Hall–Kier alpha value is -3.28. The van der Waals surface area contributed by atoms with Crippen LogP contribution in [0, 0.1) is 0 Å². The van der Waals surface area contributed by atoms with Gasteiger partial charge < -0.3 is 9.15 Å². The Kier molecular flexibility index (Phi) is 5.48. The first kappa shape index (κ1) is 20.0. The van der Waals surface area contributed by atoms with Crippen LogP contribution < -0.4 is 15.5 Å². The van der Waals surface area contributed by atoms with Crippen molar-refractivity contribution in [3.05, 3.63) is 92.6 Å². The van der Waals surface area contributed by atoms with E-state index in [9.17, 15) is 9.59 Å². The van der Waals surface area contributed by atoms with Gasteiger partial charge in [-0.05, 0) is 48.0 Å². The fourth-order valence-electron chi connectivity index (χ4n) is 3.08. The number of anilines is 1. The molecule has 1 amide bonds. The van der Waals surface area contributed by atoms with Crippen molar-refractivity contribution in [2.24, 2.45) is 0 Å². The average molecular weight is 440 g/mol. The Morgan fingerprint density at radius 2 is 1.77 bits per heavy atom. The van der Waals surface area contributed by atoms with E-state index in [0.717, 1.165) is 0 Å². The standard InChI is InChI=1S/C23H15Cl2NO4/c1-29-15-6-4-5-14(11-15)22(28)26-23-20(13-9-10-17(24)18(25)12-13)21(27)16-7-2-3-8-19(16)30-23/h2-12H,1H3,(H,26,28). The van der Waals surface area contributed by atoms with E-state index in [-0.39, 0.29) is 21.9 Å². The number of amides is 1. The number of para-hydroxylation sites is 1. The molecule has 30 heavy (non-hydrogen) atoms. The van der Waals surface area contributed by atoms with E-state index in [0.29, 0.717) is 32.9 Å². The fraction of sp³-hybridized carbons (Fsp3) is 0.0435. The Bertz CT molecular complexity index is 1330. The van der Waals surface area contributed by atoms with Gasteiger partial charge in [-0.3, -0.25) is 14.9 Å². The highest BCUT2D eigenvalue weighted by Gasteiger charge is 2.20. The fourth-order valence-corrected chi connectivity index (χ4v) is 3.38. The molecule has 0 saturated carbocycles. The third-order valence-electron chi connectivity index (χ3n) is 4.57. The molecule has 4 aromatic rings. The predicted molar refractivity (Wildman–Crippen MR) is 119 cm³/mol. The summed E-state index contributed by atoms with van der Waals surface area (Å²) in [4.78, 5) is 26.1. The largest absolute Gasteiger partial charge is 0.497 e. The van der Waals surface area contributed by atoms with E-state index in [1.54, 1.807) is 66.7 Å². The Balaban J connectivity index is 1.88. The molecule has 0 aliphatic heterocycles. The van der Waals surface area contributed by atoms with Crippen molar-refractivity contribution in [3.8, 4) is 16.9 Å². The SMILES string of the molecule is COc1cccc(C(=O)Nc2oc3ccccc3c(=O)c2-c2ccc(Cl)c(Cl)c2)c1. The Morgan fingerprint density at radius 1 is 0.967 bits per heavy atom. The van der Waals surface area contributed by atoms with Gasteiger partial charge in [-0.2, -0.15) is 0 Å². The van der Waals surface area contributed by atoms with Gasteiger partial charge in [-0.25, -0.2) is 0 Å². The molecule has 0 aliphatic carbocycles. The van der Waals surface area contributed by atoms with Gasteiger partial charge in [0.15, 0.2) is 0 Å². The molecule has 0 atom stereocenters. The molecule has 1 heterocycles. The summed E-state index contributed by atoms with van der Waals surface area (Å²) in [5.41, 5.74) is 1.07. The molecule has 4 rings (SSSR count). The van der Waals surface area contributed by atoms with Crippen molar-refractivity contribution in [1.29, 1.82) is 0 Å². The maximum Gasteiger partial charge on any atom is 0.258 e. The van der Waals surface area contributed by atoms with Crippen LogP contribution >= 0.6 is 23.2 Å². The summed E-state index contributed by atoms with van der Waals surface area (Å²) < 4.78 is 11.1. The number of benzene rings is 3. The highest BCUT2D eigenvalue weighted by atomic mass is 35.5. The minimum Gasteiger partial charge on any atom is -0.497 e. The van der Waals surface area contributed by atoms with Gasteiger partial charge in [-0.15, -0.1) is 0 Å². The molecule has 150 valence electrons. The topological polar surface area (TPSA) is 68.5 Å². The summed E-state index contributed by atoms with van der Waals surface area (Å²) in [7, 11) is 1.52. The predicted octanol–water partition coefficient (Wildman–Crippen LogP) is 6.03. The number of fused-ring (bicyclic) bond motifs is 1. The smallest absolute Gasteiger partial charge is 0.258 e. The summed E-state index contributed by atoms with van der Waals surface area (Å²) in [5, 5.41) is 3.73. The lowest BCUT2D eigenvalue weighted by molar-refractivity contribution is 0.102. The number of carbonyl (C=O) groups excluding carboxylic acids is 1. The normalized spacial score (nSPS) is 10.8. The van der Waals surface area contributed by atoms with Crippen molar-refractivity contribution in [2.45, 2.75) is 0 Å². The first-order valence-corrected chi connectivity index (χ1v) is 9.70. The van der Waals surface area contributed by atoms with Crippen molar-refractivity contribution < 1.29 is 13.9 Å². The van der Waals surface area contributed by atoms with E-state index in [2.05, 4.69) is 5.32 Å². The van der Waals surface area contributed by atoms with Gasteiger partial charge in [0, 0.05) is 5.56 Å². The summed E-state index contributed by atoms with van der Waals surface area (Å²) >= 11 is 12.2. The van der Waals surface area contributed by atoms with Crippen LogP contribution in [0.1, 0.15) is 10.4 Å². The van der Waals surface area contributed by atoms with Gasteiger partial charge in [0.2, 0.25) is 11.3 Å². The van der Waals surface area contributed by atoms with E-state index in [4.69, 9.17) is 32.4 Å². The number of hydrogen-bond acceptors (Lipinski definition) is 4. The summed E-state index contributed by atoms with van der Waals surface area (Å²) in [6.45, 7) is 0. The minimum atomic E-state index is -0.450. The van der Waals surface area contributed by atoms with Gasteiger partial charge in [-0.1, -0.05) is 47.5 Å². The van der Waals surface area contributed by atoms with E-state index in [1.165, 1.54) is 7.11 Å². The van der Waals surface area contributed by atoms with Crippen molar-refractivity contribution >= 4 is 46.0 Å². The number of halogens is 2. The maximum absolute atomic E-state index is 13.3. The monoisotopic (exact) mass is 439 g/mol. The molecule has 0 radical (unpaired) electrons. The molecule has 3 aromatic carbocycles. The van der Waals surface area contributed by atoms with Gasteiger partial charge in [0.1, 0.15) is 11.3 Å². The van der Waals surface area contributed by atoms with Crippen LogP contribution in [0.15, 0.2) is 75.9 Å². The van der Waals surface area contributed by atoms with Gasteiger partial charge in [0.25, 0.3) is 5.91 Å². The Morgan fingerprint density at radius 3 is 2.53 bits per heavy atom. The third kappa shape index (κ3) is 3.77. The number of ether oxygens (including phenoxy) is 1. The Labute approximate surface area is 181 Å². The second kappa shape index (κ2) is 8.22. The van der Waals surface area contributed by atoms with Crippen LogP contribution in [0.25, 0.3) is 22.1 Å². The molecule has 0 unspecified atom stereocenters. The van der Waals surface area contributed by atoms with Crippen LogP contribution in [-0.4, -0.2) is 13.0 Å². The molecule has 1 N–H and O–H groups in total. The molecule has 0 saturated heterocycles. The number of nitrogens with one attached hydrogen (secondary N) is 1. The average Bonchev–Trinajstić information content (AvgIpc) is 2.76. The second-order valence-electron chi connectivity index (χ2n) is 6.45. The maximum atomic E-state index is 13.3. The molecular formula is C23H15Cl2NO4. The van der Waals surface area contributed by atoms with E-state index in [1.807, 2.05) is 0 Å². The lowest BCUT2D eigenvalue weighted by Crippen LogP contribution is -2.16. The van der Waals surface area contributed by atoms with Crippen molar-refractivity contribution in [1.82, 2.24) is 0 Å². The van der Waals surface area contributed by atoms with E-state index >= 15 is 0 Å². The number of rotatable bonds is 4. The van der Waals surface area contributed by atoms with Crippen LogP contribution in [0.5, 0.6) is 5.75 Å². The molecule has 0 aliphatic rings. The van der Waals surface area contributed by atoms with Crippen molar-refractivity contribution in [3.63, 3.8) is 0 Å². The quantitative estimate of drug-likeness (QED) is 0.421. The minimum absolute atomic E-state index is 0.0184. The molecular weight excluding hydrogens is 425 g/mol. The molecule has 5 nitrogen and oxygen atoms in total. The lowest BCUT2D eigenvalue weighted by atomic mass is 10.0. The van der Waals surface area contributed by atoms with Crippen LogP contribution in [0.3, 0.4) is 0 Å². The van der Waals surface area contributed by atoms with Crippen LogP contribution in [0.4, 0.5) is 5.88 Å². The number of methoxy groups -OCH3 is 1. The molecule has 7 heteroatoms. The van der Waals surface area contributed by atoms with E-state index < -0.39 is 5.91 Å². The summed E-state index contributed by atoms with van der Waals surface area (Å²) in [6.07, 6.45) is 0. The molecule has 0 bridgehead atoms. The van der Waals surface area contributed by atoms with Crippen LogP contribution in [0.2, 0.25) is 10.0 Å². The first-order valence-electron chi connectivity index (χ1n) is 8.94. The van der Waals surface area contributed by atoms with Gasteiger partial charge >= 0.3 is 0 Å². The lowest BCUT2D eigenvalue weighted by Gasteiger charge is -2.12. The third-order valence-corrected chi connectivity index (χ3v) is 5.30.